The molecule has 0 radical (unpaired) electrons. The Morgan fingerprint density at radius 3 is 2.69 bits per heavy atom. The SMILES string of the molecule is CC(C)(C)c1cc(C#N)cc(CN2C(=O)COc3ccc(/C=C4/SC(=S)NC4=O)cc32)c1. The number of anilines is 1. The Morgan fingerprint density at radius 1 is 1.25 bits per heavy atom. The molecule has 0 unspecified atom stereocenters. The number of nitrogens with zero attached hydrogens (tertiary/aromatic N) is 2. The molecule has 0 atom stereocenters. The Kier molecular flexibility index (Phi) is 5.80. The molecule has 2 amide bonds. The Balaban J connectivity index is 1.71. The lowest BCUT2D eigenvalue weighted by Crippen LogP contribution is -2.38. The van der Waals surface area contributed by atoms with Crippen molar-refractivity contribution in [2.24, 2.45) is 0 Å². The Labute approximate surface area is 196 Å². The van der Waals surface area contributed by atoms with Crippen LogP contribution in [0.15, 0.2) is 41.3 Å². The van der Waals surface area contributed by atoms with Crippen molar-refractivity contribution in [3.05, 3.63) is 63.6 Å². The number of nitriles is 1. The molecule has 6 nitrogen and oxygen atoms in total. The molecular formula is C24H21N3O3S2. The lowest BCUT2D eigenvalue weighted by Gasteiger charge is -2.30. The molecule has 4 rings (SSSR count). The number of amides is 2. The largest absolute Gasteiger partial charge is 0.482 e. The number of nitrogens with one attached hydrogen (secondary N) is 1. The molecule has 1 N–H and O–H groups in total. The van der Waals surface area contributed by atoms with Gasteiger partial charge in [0.2, 0.25) is 0 Å². The summed E-state index contributed by atoms with van der Waals surface area (Å²) in [6, 6.07) is 13.4. The van der Waals surface area contributed by atoms with E-state index in [9.17, 15) is 14.9 Å². The van der Waals surface area contributed by atoms with Crippen LogP contribution in [0.1, 0.15) is 43.0 Å². The molecule has 1 saturated heterocycles. The number of carbonyl (C=O) groups is 2. The van der Waals surface area contributed by atoms with Crippen LogP contribution >= 0.6 is 24.0 Å². The highest BCUT2D eigenvalue weighted by atomic mass is 32.2. The molecule has 0 saturated carbocycles. The standard InChI is InChI=1S/C24H21N3O3S2/c1-24(2,3)17-7-15(11-25)6-16(8-17)12-27-18-9-14(4-5-19(18)30-13-21(27)28)10-20-22(29)26-23(31)32-20/h4-10H,12-13H2,1-3H3,(H,26,29,31)/b20-10+. The fourth-order valence-corrected chi connectivity index (χ4v) is 4.56. The third kappa shape index (κ3) is 4.54. The van der Waals surface area contributed by atoms with Crippen LogP contribution in [0, 0.1) is 11.3 Å². The summed E-state index contributed by atoms with van der Waals surface area (Å²) in [6.45, 7) is 6.53. The molecule has 0 spiro atoms. The minimum Gasteiger partial charge on any atom is -0.482 e. The van der Waals surface area contributed by atoms with Crippen molar-refractivity contribution in [1.82, 2.24) is 5.32 Å². The van der Waals surface area contributed by atoms with E-state index in [1.54, 1.807) is 17.0 Å². The van der Waals surface area contributed by atoms with Crippen molar-refractivity contribution in [3.63, 3.8) is 0 Å². The molecule has 162 valence electrons. The monoisotopic (exact) mass is 463 g/mol. The molecule has 1 fully saturated rings. The van der Waals surface area contributed by atoms with E-state index in [4.69, 9.17) is 17.0 Å². The van der Waals surface area contributed by atoms with E-state index >= 15 is 0 Å². The van der Waals surface area contributed by atoms with Crippen LogP contribution in [0.25, 0.3) is 6.08 Å². The zero-order valence-electron chi connectivity index (χ0n) is 17.9. The summed E-state index contributed by atoms with van der Waals surface area (Å²) in [6.07, 6.45) is 1.74. The highest BCUT2D eigenvalue weighted by Crippen LogP contribution is 2.36. The van der Waals surface area contributed by atoms with E-state index in [1.807, 2.05) is 30.3 Å². The first-order chi connectivity index (χ1) is 15.1. The molecule has 2 heterocycles. The summed E-state index contributed by atoms with van der Waals surface area (Å²) in [5.74, 6) is 0.194. The van der Waals surface area contributed by atoms with Gasteiger partial charge < -0.3 is 15.0 Å². The zero-order chi connectivity index (χ0) is 23.0. The predicted octanol–water partition coefficient (Wildman–Crippen LogP) is 4.27. The molecule has 32 heavy (non-hydrogen) atoms. The van der Waals surface area contributed by atoms with Crippen LogP contribution in [-0.4, -0.2) is 22.7 Å². The fourth-order valence-electron chi connectivity index (χ4n) is 3.52. The average molecular weight is 464 g/mol. The highest BCUT2D eigenvalue weighted by molar-refractivity contribution is 8.26. The Morgan fingerprint density at radius 2 is 2.03 bits per heavy atom. The number of thioether (sulfide) groups is 1. The van der Waals surface area contributed by atoms with Crippen LogP contribution in [0.2, 0.25) is 0 Å². The van der Waals surface area contributed by atoms with Gasteiger partial charge >= 0.3 is 0 Å². The van der Waals surface area contributed by atoms with Gasteiger partial charge in [0.05, 0.1) is 28.8 Å². The van der Waals surface area contributed by atoms with Gasteiger partial charge in [0.1, 0.15) is 10.1 Å². The molecule has 2 aliphatic heterocycles. The second-order valence-corrected chi connectivity index (χ2v) is 10.3. The lowest BCUT2D eigenvalue weighted by molar-refractivity contribution is -0.121. The number of hydrogen-bond donors (Lipinski definition) is 1. The van der Waals surface area contributed by atoms with E-state index in [0.717, 1.165) is 16.7 Å². The van der Waals surface area contributed by atoms with E-state index in [2.05, 4.69) is 32.2 Å². The number of benzene rings is 2. The van der Waals surface area contributed by atoms with Gasteiger partial charge in [0.15, 0.2) is 6.61 Å². The first-order valence-corrected chi connectivity index (χ1v) is 11.2. The molecular weight excluding hydrogens is 442 g/mol. The summed E-state index contributed by atoms with van der Waals surface area (Å²) < 4.78 is 6.04. The number of thiocarbonyl (C=S) groups is 1. The summed E-state index contributed by atoms with van der Waals surface area (Å²) in [5.41, 5.74) is 3.72. The van der Waals surface area contributed by atoms with Gasteiger partial charge in [-0.1, -0.05) is 56.9 Å². The summed E-state index contributed by atoms with van der Waals surface area (Å²) in [5, 5.41) is 12.1. The topological polar surface area (TPSA) is 82.4 Å². The number of hydrogen-bond acceptors (Lipinski definition) is 6. The maximum atomic E-state index is 12.8. The maximum Gasteiger partial charge on any atom is 0.265 e. The zero-order valence-corrected chi connectivity index (χ0v) is 19.5. The van der Waals surface area contributed by atoms with Gasteiger partial charge in [0.25, 0.3) is 11.8 Å². The average Bonchev–Trinajstić information content (AvgIpc) is 3.06. The fraction of sp³-hybridized carbons (Fsp3) is 0.250. The van der Waals surface area contributed by atoms with E-state index in [-0.39, 0.29) is 23.8 Å². The van der Waals surface area contributed by atoms with Crippen molar-refractivity contribution in [2.45, 2.75) is 32.7 Å². The smallest absolute Gasteiger partial charge is 0.265 e. The first kappa shape index (κ1) is 22.1. The van der Waals surface area contributed by atoms with Crippen LogP contribution < -0.4 is 15.0 Å². The van der Waals surface area contributed by atoms with Gasteiger partial charge in [-0.05, 0) is 52.4 Å². The van der Waals surface area contributed by atoms with Crippen LogP contribution in [0.5, 0.6) is 5.75 Å². The maximum absolute atomic E-state index is 12.8. The van der Waals surface area contributed by atoms with E-state index < -0.39 is 0 Å². The molecule has 0 bridgehead atoms. The number of carbonyl (C=O) groups excluding carboxylic acids is 2. The summed E-state index contributed by atoms with van der Waals surface area (Å²) in [7, 11) is 0. The number of ether oxygens (including phenoxy) is 1. The molecule has 2 aromatic rings. The second kappa shape index (κ2) is 8.41. The van der Waals surface area contributed by atoms with Crippen LogP contribution in [-0.2, 0) is 21.5 Å². The molecule has 0 aromatic heterocycles. The van der Waals surface area contributed by atoms with Crippen molar-refractivity contribution in [1.29, 1.82) is 5.26 Å². The van der Waals surface area contributed by atoms with Gasteiger partial charge in [-0.15, -0.1) is 0 Å². The van der Waals surface area contributed by atoms with Crippen LogP contribution in [0.3, 0.4) is 0 Å². The quantitative estimate of drug-likeness (QED) is 0.541. The third-order valence-corrected chi connectivity index (χ3v) is 6.36. The first-order valence-electron chi connectivity index (χ1n) is 10.0. The van der Waals surface area contributed by atoms with Gasteiger partial charge in [-0.2, -0.15) is 5.26 Å². The molecule has 2 aromatic carbocycles. The lowest BCUT2D eigenvalue weighted by atomic mass is 9.85. The number of rotatable bonds is 3. The normalized spacial score (nSPS) is 17.1. The van der Waals surface area contributed by atoms with Gasteiger partial charge in [0, 0.05) is 0 Å². The van der Waals surface area contributed by atoms with Crippen molar-refractivity contribution >= 4 is 51.9 Å². The minimum absolute atomic E-state index is 0.0516. The Hall–Kier alpha value is -3.15. The van der Waals surface area contributed by atoms with Gasteiger partial charge in [-0.3, -0.25) is 9.59 Å². The van der Waals surface area contributed by atoms with Gasteiger partial charge in [-0.25, -0.2) is 0 Å². The van der Waals surface area contributed by atoms with E-state index in [0.29, 0.717) is 32.8 Å². The van der Waals surface area contributed by atoms with Crippen LogP contribution in [0.4, 0.5) is 5.69 Å². The van der Waals surface area contributed by atoms with E-state index in [1.165, 1.54) is 11.8 Å². The predicted molar refractivity (Wildman–Crippen MR) is 129 cm³/mol. The van der Waals surface area contributed by atoms with Crippen molar-refractivity contribution in [3.8, 4) is 11.8 Å². The third-order valence-electron chi connectivity index (χ3n) is 5.19. The molecule has 0 aliphatic carbocycles. The molecule has 8 heteroatoms. The Bertz CT molecular complexity index is 1220. The second-order valence-electron chi connectivity index (χ2n) is 8.63. The van der Waals surface area contributed by atoms with Crippen molar-refractivity contribution < 1.29 is 14.3 Å². The summed E-state index contributed by atoms with van der Waals surface area (Å²) >= 11 is 6.25. The van der Waals surface area contributed by atoms with Crippen molar-refractivity contribution in [2.75, 3.05) is 11.5 Å². The number of fused-ring (bicyclic) bond motifs is 1. The highest BCUT2D eigenvalue weighted by Gasteiger charge is 2.27. The summed E-state index contributed by atoms with van der Waals surface area (Å²) in [4.78, 5) is 27.0. The molecule has 2 aliphatic rings. The minimum atomic E-state index is -0.232.